The highest BCUT2D eigenvalue weighted by molar-refractivity contribution is 14.0. The van der Waals surface area contributed by atoms with Gasteiger partial charge in [-0.15, -0.1) is 24.0 Å². The third-order valence-corrected chi connectivity index (χ3v) is 7.06. The fourth-order valence-corrected chi connectivity index (χ4v) is 4.71. The molecule has 170 valence electrons. The zero-order valence-electron chi connectivity index (χ0n) is 18.0. The highest BCUT2D eigenvalue weighted by Gasteiger charge is 2.27. The zero-order chi connectivity index (χ0) is 21.4. The van der Waals surface area contributed by atoms with E-state index in [1.165, 1.54) is 11.1 Å². The van der Waals surface area contributed by atoms with Crippen molar-refractivity contribution in [3.05, 3.63) is 59.8 Å². The van der Waals surface area contributed by atoms with E-state index in [-0.39, 0.29) is 29.7 Å². The molecule has 1 fully saturated rings. The first-order valence-corrected chi connectivity index (χ1v) is 11.7. The molecule has 2 N–H and O–H groups in total. The SMILES string of the molecule is CN=C(NCCS(=O)(=O)N1CCN(c2ccccn2)CC1)NCc1ccccc1C.I. The first-order chi connectivity index (χ1) is 14.5. The summed E-state index contributed by atoms with van der Waals surface area (Å²) >= 11 is 0. The van der Waals surface area contributed by atoms with E-state index in [0.29, 0.717) is 45.2 Å². The predicted octanol–water partition coefficient (Wildman–Crippen LogP) is 1.83. The standard InChI is InChI=1S/C21H30N6O2S.HI/c1-18-7-3-4-8-19(18)17-25-21(22-2)24-11-16-30(28,29)27-14-12-26(13-15-27)20-9-5-6-10-23-20;/h3-10H,11-17H2,1-2H3,(H2,22,24,25);1H. The number of rotatable bonds is 7. The summed E-state index contributed by atoms with van der Waals surface area (Å²) in [4.78, 5) is 10.6. The van der Waals surface area contributed by atoms with Gasteiger partial charge in [0.2, 0.25) is 10.0 Å². The number of anilines is 1. The lowest BCUT2D eigenvalue weighted by molar-refractivity contribution is 0.384. The highest BCUT2D eigenvalue weighted by Crippen LogP contribution is 2.14. The minimum absolute atomic E-state index is 0. The minimum atomic E-state index is -3.33. The Bertz CT molecular complexity index is 947. The van der Waals surface area contributed by atoms with Crippen LogP contribution in [0.1, 0.15) is 11.1 Å². The maximum Gasteiger partial charge on any atom is 0.215 e. The second-order valence-corrected chi connectivity index (χ2v) is 9.26. The Morgan fingerprint density at radius 3 is 2.42 bits per heavy atom. The molecule has 0 bridgehead atoms. The Morgan fingerprint density at radius 2 is 1.77 bits per heavy atom. The maximum atomic E-state index is 12.7. The number of guanidine groups is 1. The fourth-order valence-electron chi connectivity index (χ4n) is 3.37. The third-order valence-electron chi connectivity index (χ3n) is 5.19. The van der Waals surface area contributed by atoms with Crippen LogP contribution in [0.4, 0.5) is 5.82 Å². The van der Waals surface area contributed by atoms with Gasteiger partial charge < -0.3 is 15.5 Å². The molecule has 0 aliphatic carbocycles. The third kappa shape index (κ3) is 7.32. The van der Waals surface area contributed by atoms with Gasteiger partial charge in [-0.1, -0.05) is 30.3 Å². The van der Waals surface area contributed by atoms with Gasteiger partial charge in [-0.2, -0.15) is 4.31 Å². The van der Waals surface area contributed by atoms with Crippen LogP contribution in [-0.2, 0) is 16.6 Å². The number of aryl methyl sites for hydroxylation is 1. The largest absolute Gasteiger partial charge is 0.355 e. The van der Waals surface area contributed by atoms with E-state index in [4.69, 9.17) is 0 Å². The van der Waals surface area contributed by atoms with Gasteiger partial charge in [0.1, 0.15) is 5.82 Å². The van der Waals surface area contributed by atoms with Crippen LogP contribution in [0.5, 0.6) is 0 Å². The molecule has 2 aromatic rings. The number of nitrogens with zero attached hydrogens (tertiary/aromatic N) is 4. The summed E-state index contributed by atoms with van der Waals surface area (Å²) in [6.45, 7) is 5.23. The van der Waals surface area contributed by atoms with Crippen molar-refractivity contribution in [2.75, 3.05) is 50.4 Å². The van der Waals surface area contributed by atoms with Crippen molar-refractivity contribution < 1.29 is 8.42 Å². The Balaban J connectivity index is 0.00000341. The lowest BCUT2D eigenvalue weighted by atomic mass is 10.1. The summed E-state index contributed by atoms with van der Waals surface area (Å²) in [5.41, 5.74) is 2.38. The average molecular weight is 558 g/mol. The van der Waals surface area contributed by atoms with E-state index < -0.39 is 10.0 Å². The molecule has 31 heavy (non-hydrogen) atoms. The number of halogens is 1. The second-order valence-electron chi connectivity index (χ2n) is 7.17. The van der Waals surface area contributed by atoms with Gasteiger partial charge >= 0.3 is 0 Å². The number of benzene rings is 1. The van der Waals surface area contributed by atoms with Crippen LogP contribution < -0.4 is 15.5 Å². The van der Waals surface area contributed by atoms with Gasteiger partial charge in [0.05, 0.1) is 5.75 Å². The van der Waals surface area contributed by atoms with Crippen molar-refractivity contribution in [1.82, 2.24) is 19.9 Å². The fraction of sp³-hybridized carbons (Fsp3) is 0.429. The Labute approximate surface area is 202 Å². The van der Waals surface area contributed by atoms with Crippen molar-refractivity contribution >= 4 is 45.8 Å². The molecular formula is C21H31IN6O2S. The van der Waals surface area contributed by atoms with Crippen LogP contribution in [0.25, 0.3) is 0 Å². The van der Waals surface area contributed by atoms with Crippen molar-refractivity contribution in [2.24, 2.45) is 4.99 Å². The number of hydrogen-bond donors (Lipinski definition) is 2. The van der Waals surface area contributed by atoms with E-state index in [1.807, 2.05) is 30.3 Å². The van der Waals surface area contributed by atoms with Crippen LogP contribution in [0.2, 0.25) is 0 Å². The van der Waals surface area contributed by atoms with Gasteiger partial charge in [0.25, 0.3) is 0 Å². The molecule has 0 spiro atoms. The van der Waals surface area contributed by atoms with Gasteiger partial charge in [-0.25, -0.2) is 13.4 Å². The van der Waals surface area contributed by atoms with Crippen LogP contribution in [0.15, 0.2) is 53.7 Å². The van der Waals surface area contributed by atoms with Crippen molar-refractivity contribution in [2.45, 2.75) is 13.5 Å². The number of pyridine rings is 1. The molecule has 1 saturated heterocycles. The summed E-state index contributed by atoms with van der Waals surface area (Å²) in [6, 6.07) is 13.9. The molecule has 0 atom stereocenters. The molecule has 0 saturated carbocycles. The first-order valence-electron chi connectivity index (χ1n) is 10.1. The Hall–Kier alpha value is -1.92. The molecular weight excluding hydrogens is 527 g/mol. The summed E-state index contributed by atoms with van der Waals surface area (Å²) in [5.74, 6) is 1.51. The molecule has 1 aliphatic rings. The van der Waals surface area contributed by atoms with Crippen LogP contribution in [-0.4, -0.2) is 69.2 Å². The molecule has 1 aromatic carbocycles. The summed E-state index contributed by atoms with van der Waals surface area (Å²) in [5, 5.41) is 6.33. The molecule has 10 heteroatoms. The van der Waals surface area contributed by atoms with E-state index in [1.54, 1.807) is 17.5 Å². The molecule has 0 unspecified atom stereocenters. The number of aliphatic imine (C=N–C) groups is 1. The van der Waals surface area contributed by atoms with Crippen molar-refractivity contribution in [3.8, 4) is 0 Å². The first kappa shape index (κ1) is 25.3. The number of piperazine rings is 1. The van der Waals surface area contributed by atoms with Gasteiger partial charge in [0, 0.05) is 52.5 Å². The van der Waals surface area contributed by atoms with Crippen LogP contribution in [0.3, 0.4) is 0 Å². The predicted molar refractivity (Wildman–Crippen MR) is 137 cm³/mol. The Kier molecular flexibility index (Phi) is 9.97. The van der Waals surface area contributed by atoms with Gasteiger partial charge in [-0.3, -0.25) is 4.99 Å². The number of aromatic nitrogens is 1. The Morgan fingerprint density at radius 1 is 1.06 bits per heavy atom. The zero-order valence-corrected chi connectivity index (χ0v) is 21.1. The average Bonchev–Trinajstić information content (AvgIpc) is 2.78. The van der Waals surface area contributed by atoms with Crippen molar-refractivity contribution in [1.29, 1.82) is 0 Å². The monoisotopic (exact) mass is 558 g/mol. The lowest BCUT2D eigenvalue weighted by Gasteiger charge is -2.34. The lowest BCUT2D eigenvalue weighted by Crippen LogP contribution is -2.50. The van der Waals surface area contributed by atoms with Crippen LogP contribution >= 0.6 is 24.0 Å². The van der Waals surface area contributed by atoms with E-state index >= 15 is 0 Å². The number of sulfonamides is 1. The minimum Gasteiger partial charge on any atom is -0.355 e. The summed E-state index contributed by atoms with van der Waals surface area (Å²) in [6.07, 6.45) is 1.75. The molecule has 1 aliphatic heterocycles. The topological polar surface area (TPSA) is 89.9 Å². The second kappa shape index (κ2) is 12.2. The van der Waals surface area contributed by atoms with E-state index in [9.17, 15) is 8.42 Å². The maximum absolute atomic E-state index is 12.7. The molecule has 3 rings (SSSR count). The van der Waals surface area contributed by atoms with Crippen LogP contribution in [0, 0.1) is 6.92 Å². The number of nitrogens with one attached hydrogen (secondary N) is 2. The quantitative estimate of drug-likeness (QED) is 0.306. The van der Waals surface area contributed by atoms with E-state index in [2.05, 4.69) is 44.6 Å². The summed E-state index contributed by atoms with van der Waals surface area (Å²) < 4.78 is 27.0. The number of hydrogen-bond acceptors (Lipinski definition) is 5. The molecule has 8 nitrogen and oxygen atoms in total. The molecule has 0 radical (unpaired) electrons. The molecule has 1 aromatic heterocycles. The van der Waals surface area contributed by atoms with Crippen molar-refractivity contribution in [3.63, 3.8) is 0 Å². The smallest absolute Gasteiger partial charge is 0.215 e. The van der Waals surface area contributed by atoms with Gasteiger partial charge in [-0.05, 0) is 30.2 Å². The van der Waals surface area contributed by atoms with Gasteiger partial charge in [0.15, 0.2) is 5.96 Å². The molecule has 0 amide bonds. The summed E-state index contributed by atoms with van der Waals surface area (Å²) in [7, 11) is -1.65. The highest BCUT2D eigenvalue weighted by atomic mass is 127. The molecule has 2 heterocycles. The normalized spacial score (nSPS) is 15.3. The van der Waals surface area contributed by atoms with E-state index in [0.717, 1.165) is 5.82 Å².